The second-order valence-corrected chi connectivity index (χ2v) is 8.97. The zero-order valence-corrected chi connectivity index (χ0v) is 18.4. The first-order valence-electron chi connectivity index (χ1n) is 9.94. The summed E-state index contributed by atoms with van der Waals surface area (Å²) in [6.07, 6.45) is 5.66. The molecular weight excluding hydrogens is 404 g/mol. The van der Waals surface area contributed by atoms with Gasteiger partial charge in [0.2, 0.25) is 15.8 Å². The van der Waals surface area contributed by atoms with Crippen LogP contribution in [0.1, 0.15) is 31.2 Å². The highest BCUT2D eigenvalue weighted by molar-refractivity contribution is 7.89. The van der Waals surface area contributed by atoms with E-state index < -0.39 is 10.0 Å². The Morgan fingerprint density at radius 2 is 1.43 bits per heavy atom. The van der Waals surface area contributed by atoms with Gasteiger partial charge in [0.15, 0.2) is 11.5 Å². The zero-order valence-electron chi connectivity index (χ0n) is 17.6. The summed E-state index contributed by atoms with van der Waals surface area (Å²) in [6, 6.07) is 10.2. The third-order valence-corrected chi connectivity index (χ3v) is 7.00. The number of nitrogens with zero attached hydrogens (tertiary/aromatic N) is 2. The lowest BCUT2D eigenvalue weighted by Crippen LogP contribution is -2.31. The predicted molar refractivity (Wildman–Crippen MR) is 117 cm³/mol. The van der Waals surface area contributed by atoms with E-state index in [1.54, 1.807) is 68.2 Å². The van der Waals surface area contributed by atoms with Gasteiger partial charge in [0, 0.05) is 24.9 Å². The van der Waals surface area contributed by atoms with Crippen LogP contribution >= 0.6 is 0 Å². The molecule has 0 N–H and O–H groups in total. The van der Waals surface area contributed by atoms with E-state index in [0.29, 0.717) is 40.9 Å². The van der Waals surface area contributed by atoms with Crippen molar-refractivity contribution in [1.82, 2.24) is 4.31 Å². The molecule has 0 saturated carbocycles. The Balaban J connectivity index is 1.79. The van der Waals surface area contributed by atoms with E-state index in [0.717, 1.165) is 31.2 Å². The molecule has 1 saturated heterocycles. The van der Waals surface area contributed by atoms with Gasteiger partial charge in [-0.15, -0.1) is 0 Å². The molecule has 162 valence electrons. The summed E-state index contributed by atoms with van der Waals surface area (Å²) >= 11 is 0. The fourth-order valence-electron chi connectivity index (χ4n) is 3.46. The maximum absolute atomic E-state index is 12.9. The summed E-state index contributed by atoms with van der Waals surface area (Å²) in [5.41, 5.74) is 1.42. The fourth-order valence-corrected chi connectivity index (χ4v) is 4.98. The molecule has 1 aliphatic rings. The standard InChI is InChI=1S/C22H28N2O5S/c1-27-20-14-17(15-21(28-2)22(20)29-3)16-23-18-8-10-19(11-9-18)30(25,26)24-12-6-4-5-7-13-24/h8-11,14-16H,4-7,12-13H2,1-3H3. The van der Waals surface area contributed by atoms with E-state index in [1.165, 1.54) is 0 Å². The molecule has 1 fully saturated rings. The van der Waals surface area contributed by atoms with Crippen LogP contribution in [-0.2, 0) is 10.0 Å². The van der Waals surface area contributed by atoms with E-state index in [2.05, 4.69) is 4.99 Å². The van der Waals surface area contributed by atoms with Crippen molar-refractivity contribution >= 4 is 21.9 Å². The van der Waals surface area contributed by atoms with Crippen LogP contribution in [0.5, 0.6) is 17.2 Å². The van der Waals surface area contributed by atoms with Crippen LogP contribution in [0.15, 0.2) is 46.3 Å². The van der Waals surface area contributed by atoms with Crippen LogP contribution < -0.4 is 14.2 Å². The minimum Gasteiger partial charge on any atom is -0.493 e. The van der Waals surface area contributed by atoms with Gasteiger partial charge in [-0.3, -0.25) is 4.99 Å². The first-order chi connectivity index (χ1) is 14.5. The summed E-state index contributed by atoms with van der Waals surface area (Å²) in [5.74, 6) is 1.59. The third-order valence-electron chi connectivity index (χ3n) is 5.09. The van der Waals surface area contributed by atoms with E-state index in [9.17, 15) is 8.42 Å². The topological polar surface area (TPSA) is 77.4 Å². The lowest BCUT2D eigenvalue weighted by Gasteiger charge is -2.19. The monoisotopic (exact) mass is 432 g/mol. The predicted octanol–water partition coefficient (Wildman–Crippen LogP) is 4.03. The molecule has 0 bridgehead atoms. The van der Waals surface area contributed by atoms with E-state index in [-0.39, 0.29) is 0 Å². The largest absolute Gasteiger partial charge is 0.493 e. The van der Waals surface area contributed by atoms with Crippen molar-refractivity contribution in [2.45, 2.75) is 30.6 Å². The average molecular weight is 433 g/mol. The van der Waals surface area contributed by atoms with Gasteiger partial charge >= 0.3 is 0 Å². The number of methoxy groups -OCH3 is 3. The Hall–Kier alpha value is -2.58. The molecule has 2 aromatic carbocycles. The Labute approximate surface area is 178 Å². The van der Waals surface area contributed by atoms with Crippen molar-refractivity contribution in [2.24, 2.45) is 4.99 Å². The maximum Gasteiger partial charge on any atom is 0.243 e. The molecule has 0 radical (unpaired) electrons. The molecule has 0 amide bonds. The van der Waals surface area contributed by atoms with E-state index >= 15 is 0 Å². The highest BCUT2D eigenvalue weighted by Gasteiger charge is 2.24. The molecule has 0 aliphatic carbocycles. The number of sulfonamides is 1. The molecule has 8 heteroatoms. The van der Waals surface area contributed by atoms with Gasteiger partial charge in [-0.2, -0.15) is 4.31 Å². The highest BCUT2D eigenvalue weighted by Crippen LogP contribution is 2.37. The lowest BCUT2D eigenvalue weighted by molar-refractivity contribution is 0.324. The van der Waals surface area contributed by atoms with Gasteiger partial charge in [0.05, 0.1) is 31.9 Å². The first-order valence-corrected chi connectivity index (χ1v) is 11.4. The van der Waals surface area contributed by atoms with Crippen LogP contribution in [0.3, 0.4) is 0 Å². The molecule has 0 atom stereocenters. The molecule has 0 unspecified atom stereocenters. The molecule has 3 rings (SSSR count). The number of aliphatic imine (C=N–C) groups is 1. The number of ether oxygens (including phenoxy) is 3. The van der Waals surface area contributed by atoms with Gasteiger partial charge < -0.3 is 14.2 Å². The van der Waals surface area contributed by atoms with Crippen LogP contribution in [0.2, 0.25) is 0 Å². The van der Waals surface area contributed by atoms with Crippen molar-refractivity contribution in [3.63, 3.8) is 0 Å². The highest BCUT2D eigenvalue weighted by atomic mass is 32.2. The van der Waals surface area contributed by atoms with Crippen molar-refractivity contribution < 1.29 is 22.6 Å². The number of benzene rings is 2. The number of hydrogen-bond donors (Lipinski definition) is 0. The van der Waals surface area contributed by atoms with Crippen molar-refractivity contribution in [3.05, 3.63) is 42.0 Å². The van der Waals surface area contributed by atoms with Crippen LogP contribution in [0.4, 0.5) is 5.69 Å². The molecular formula is C22H28N2O5S. The van der Waals surface area contributed by atoms with Crippen molar-refractivity contribution in [1.29, 1.82) is 0 Å². The number of rotatable bonds is 7. The molecule has 2 aromatic rings. The minimum absolute atomic E-state index is 0.302. The smallest absolute Gasteiger partial charge is 0.243 e. The summed E-state index contributed by atoms with van der Waals surface area (Å²) in [4.78, 5) is 4.75. The maximum atomic E-state index is 12.9. The molecule has 1 heterocycles. The Bertz CT molecular complexity index is 954. The van der Waals surface area contributed by atoms with Crippen molar-refractivity contribution in [3.8, 4) is 17.2 Å². The quantitative estimate of drug-likeness (QED) is 0.618. The summed E-state index contributed by atoms with van der Waals surface area (Å²) in [7, 11) is 1.20. The summed E-state index contributed by atoms with van der Waals surface area (Å²) in [6.45, 7) is 1.17. The van der Waals surface area contributed by atoms with Gasteiger partial charge in [-0.25, -0.2) is 8.42 Å². The van der Waals surface area contributed by atoms with Gasteiger partial charge in [0.25, 0.3) is 0 Å². The Morgan fingerprint density at radius 1 is 0.867 bits per heavy atom. The van der Waals surface area contributed by atoms with E-state index in [4.69, 9.17) is 14.2 Å². The first kappa shape index (κ1) is 22.1. The Morgan fingerprint density at radius 3 is 1.93 bits per heavy atom. The molecule has 7 nitrogen and oxygen atoms in total. The zero-order chi connectivity index (χ0) is 21.6. The summed E-state index contributed by atoms with van der Waals surface area (Å²) in [5, 5.41) is 0. The lowest BCUT2D eigenvalue weighted by atomic mass is 10.2. The fraction of sp³-hybridized carbons (Fsp3) is 0.409. The molecule has 30 heavy (non-hydrogen) atoms. The molecule has 1 aliphatic heterocycles. The van der Waals surface area contributed by atoms with Gasteiger partial charge in [-0.1, -0.05) is 12.8 Å². The van der Waals surface area contributed by atoms with Gasteiger partial charge in [-0.05, 0) is 49.2 Å². The van der Waals surface area contributed by atoms with E-state index in [1.807, 2.05) is 0 Å². The molecule has 0 spiro atoms. The minimum atomic E-state index is -3.46. The third kappa shape index (κ3) is 4.94. The normalized spacial score (nSPS) is 15.7. The molecule has 0 aromatic heterocycles. The summed E-state index contributed by atoms with van der Waals surface area (Å²) < 4.78 is 43.4. The van der Waals surface area contributed by atoms with Gasteiger partial charge in [0.1, 0.15) is 0 Å². The Kier molecular flexibility index (Phi) is 7.33. The second-order valence-electron chi connectivity index (χ2n) is 7.03. The average Bonchev–Trinajstić information content (AvgIpc) is 3.07. The SMILES string of the molecule is COc1cc(C=Nc2ccc(S(=O)(=O)N3CCCCCC3)cc2)cc(OC)c1OC. The van der Waals surface area contributed by atoms with Crippen LogP contribution in [0, 0.1) is 0 Å². The van der Waals surface area contributed by atoms with Crippen molar-refractivity contribution in [2.75, 3.05) is 34.4 Å². The second kappa shape index (κ2) is 9.95. The number of hydrogen-bond acceptors (Lipinski definition) is 6. The van der Waals surface area contributed by atoms with Crippen LogP contribution in [-0.4, -0.2) is 53.4 Å². The van der Waals surface area contributed by atoms with Crippen LogP contribution in [0.25, 0.3) is 0 Å².